The highest BCUT2D eigenvalue weighted by atomic mass is 16.5. The molecular weight excluding hydrogens is 254 g/mol. The molecule has 1 aromatic rings. The van der Waals surface area contributed by atoms with Gasteiger partial charge in [-0.1, -0.05) is 13.3 Å². The Bertz CT molecular complexity index is 422. The van der Waals surface area contributed by atoms with E-state index in [0.29, 0.717) is 30.9 Å². The minimum atomic E-state index is -0.103. The van der Waals surface area contributed by atoms with Crippen LogP contribution in [0.4, 0.5) is 11.4 Å². The molecule has 0 saturated heterocycles. The van der Waals surface area contributed by atoms with Gasteiger partial charge >= 0.3 is 0 Å². The van der Waals surface area contributed by atoms with Gasteiger partial charge in [-0.25, -0.2) is 0 Å². The van der Waals surface area contributed by atoms with Crippen molar-refractivity contribution in [1.82, 2.24) is 5.32 Å². The quantitative estimate of drug-likeness (QED) is 0.478. The molecule has 0 aliphatic rings. The lowest BCUT2D eigenvalue weighted by atomic mass is 10.1. The van der Waals surface area contributed by atoms with Crippen LogP contribution in [0.1, 0.15) is 37.0 Å². The van der Waals surface area contributed by atoms with E-state index in [-0.39, 0.29) is 5.91 Å². The molecule has 0 fully saturated rings. The van der Waals surface area contributed by atoms with Gasteiger partial charge in [0, 0.05) is 25.3 Å². The van der Waals surface area contributed by atoms with Crippen molar-refractivity contribution in [3.05, 3.63) is 23.8 Å². The van der Waals surface area contributed by atoms with Crippen LogP contribution >= 0.6 is 0 Å². The number of carbonyl (C=O) groups excluding carboxylic acids is 1. The van der Waals surface area contributed by atoms with Gasteiger partial charge in [-0.2, -0.15) is 0 Å². The van der Waals surface area contributed by atoms with Gasteiger partial charge in [0.2, 0.25) is 0 Å². The molecule has 112 valence electrons. The topological polar surface area (TPSA) is 76.4 Å². The molecule has 0 saturated carbocycles. The third-order valence-electron chi connectivity index (χ3n) is 2.86. The minimum absolute atomic E-state index is 0.103. The molecule has 4 N–H and O–H groups in total. The van der Waals surface area contributed by atoms with Crippen LogP contribution in [-0.2, 0) is 4.74 Å². The Kier molecular flexibility index (Phi) is 7.50. The molecule has 0 atom stereocenters. The molecule has 1 aromatic carbocycles. The fraction of sp³-hybridized carbons (Fsp3) is 0.533. The second kappa shape index (κ2) is 9.20. The summed E-state index contributed by atoms with van der Waals surface area (Å²) in [5.74, 6) is -0.103. The largest absolute Gasteiger partial charge is 0.397 e. The first-order chi connectivity index (χ1) is 9.69. The minimum Gasteiger partial charge on any atom is -0.397 e. The van der Waals surface area contributed by atoms with Crippen molar-refractivity contribution in [3.8, 4) is 0 Å². The zero-order valence-corrected chi connectivity index (χ0v) is 12.4. The van der Waals surface area contributed by atoms with Crippen molar-refractivity contribution >= 4 is 17.3 Å². The van der Waals surface area contributed by atoms with E-state index in [9.17, 15) is 4.79 Å². The maximum Gasteiger partial charge on any atom is 0.251 e. The first kappa shape index (κ1) is 16.3. The van der Waals surface area contributed by atoms with E-state index in [1.54, 1.807) is 12.1 Å². The lowest BCUT2D eigenvalue weighted by Gasteiger charge is -2.11. The monoisotopic (exact) mass is 279 g/mol. The average Bonchev–Trinajstić information content (AvgIpc) is 2.44. The predicted octanol–water partition coefficient (Wildman–Crippen LogP) is 2.25. The zero-order valence-electron chi connectivity index (χ0n) is 12.4. The van der Waals surface area contributed by atoms with Crippen molar-refractivity contribution in [2.75, 3.05) is 37.4 Å². The van der Waals surface area contributed by atoms with Crippen LogP contribution < -0.4 is 16.4 Å². The molecule has 5 heteroatoms. The lowest BCUT2D eigenvalue weighted by Crippen LogP contribution is -2.22. The Hall–Kier alpha value is -1.75. The lowest BCUT2D eigenvalue weighted by molar-refractivity contribution is 0.0956. The molecule has 0 aromatic heterocycles. The van der Waals surface area contributed by atoms with Crippen LogP contribution in [-0.4, -0.2) is 32.2 Å². The summed E-state index contributed by atoms with van der Waals surface area (Å²) in [6, 6.07) is 5.28. The van der Waals surface area contributed by atoms with Crippen molar-refractivity contribution in [2.45, 2.75) is 26.7 Å². The highest BCUT2D eigenvalue weighted by molar-refractivity contribution is 5.96. The fourth-order valence-corrected chi connectivity index (χ4v) is 1.73. The molecule has 1 rings (SSSR count). The van der Waals surface area contributed by atoms with Crippen molar-refractivity contribution in [1.29, 1.82) is 0 Å². The maximum absolute atomic E-state index is 11.7. The van der Waals surface area contributed by atoms with Gasteiger partial charge < -0.3 is 21.1 Å². The summed E-state index contributed by atoms with van der Waals surface area (Å²) < 4.78 is 5.46. The second-order valence-corrected chi connectivity index (χ2v) is 4.55. The van der Waals surface area contributed by atoms with E-state index in [0.717, 1.165) is 25.1 Å². The number of amides is 1. The Labute approximate surface area is 120 Å². The number of unbranched alkanes of at least 4 members (excludes halogenated alkanes) is 1. The van der Waals surface area contributed by atoms with Crippen LogP contribution in [0.3, 0.4) is 0 Å². The van der Waals surface area contributed by atoms with Gasteiger partial charge in [-0.05, 0) is 31.5 Å². The number of nitrogen functional groups attached to an aromatic ring is 1. The molecular formula is C15H25N3O2. The van der Waals surface area contributed by atoms with Crippen LogP contribution in [0.25, 0.3) is 0 Å². The fourth-order valence-electron chi connectivity index (χ4n) is 1.73. The number of hydrogen-bond donors (Lipinski definition) is 3. The molecule has 20 heavy (non-hydrogen) atoms. The van der Waals surface area contributed by atoms with E-state index in [1.165, 1.54) is 0 Å². The second-order valence-electron chi connectivity index (χ2n) is 4.55. The van der Waals surface area contributed by atoms with E-state index < -0.39 is 0 Å². The number of nitrogens with two attached hydrogens (primary N) is 1. The predicted molar refractivity (Wildman–Crippen MR) is 83.1 cm³/mol. The van der Waals surface area contributed by atoms with Gasteiger partial charge in [-0.3, -0.25) is 4.79 Å². The van der Waals surface area contributed by atoms with Gasteiger partial charge in [-0.15, -0.1) is 0 Å². The number of anilines is 2. The smallest absolute Gasteiger partial charge is 0.251 e. The molecule has 5 nitrogen and oxygen atoms in total. The summed E-state index contributed by atoms with van der Waals surface area (Å²) in [4.78, 5) is 11.7. The van der Waals surface area contributed by atoms with Crippen molar-refractivity contribution in [2.24, 2.45) is 0 Å². The molecule has 0 radical (unpaired) electrons. The molecule has 0 bridgehead atoms. The Morgan fingerprint density at radius 2 is 2.10 bits per heavy atom. The van der Waals surface area contributed by atoms with Crippen molar-refractivity contribution in [3.63, 3.8) is 0 Å². The summed E-state index contributed by atoms with van der Waals surface area (Å²) in [5, 5.41) is 5.95. The van der Waals surface area contributed by atoms with E-state index in [4.69, 9.17) is 10.5 Å². The normalized spacial score (nSPS) is 10.3. The molecule has 0 unspecified atom stereocenters. The summed E-state index contributed by atoms with van der Waals surface area (Å²) >= 11 is 0. The standard InChI is InChI=1S/C15H25N3O2/c1-3-5-9-20-10-8-18-14-7-6-12(11-13(14)16)15(19)17-4-2/h6-7,11,18H,3-5,8-10,16H2,1-2H3,(H,17,19). The van der Waals surface area contributed by atoms with Gasteiger partial charge in [0.05, 0.1) is 18.0 Å². The third-order valence-corrected chi connectivity index (χ3v) is 2.86. The third kappa shape index (κ3) is 5.48. The van der Waals surface area contributed by atoms with Gasteiger partial charge in [0.15, 0.2) is 0 Å². The summed E-state index contributed by atoms with van der Waals surface area (Å²) in [7, 11) is 0. The number of benzene rings is 1. The highest BCUT2D eigenvalue weighted by Gasteiger charge is 2.06. The number of carbonyl (C=O) groups is 1. The van der Waals surface area contributed by atoms with E-state index >= 15 is 0 Å². The van der Waals surface area contributed by atoms with Crippen LogP contribution in [0.5, 0.6) is 0 Å². The average molecular weight is 279 g/mol. The number of ether oxygens (including phenoxy) is 1. The molecule has 0 spiro atoms. The summed E-state index contributed by atoms with van der Waals surface area (Å²) in [6.07, 6.45) is 2.23. The van der Waals surface area contributed by atoms with E-state index in [1.807, 2.05) is 13.0 Å². The summed E-state index contributed by atoms with van der Waals surface area (Å²) in [6.45, 7) is 6.78. The Morgan fingerprint density at radius 3 is 2.75 bits per heavy atom. The van der Waals surface area contributed by atoms with Crippen LogP contribution in [0, 0.1) is 0 Å². The molecule has 1 amide bonds. The first-order valence-electron chi connectivity index (χ1n) is 7.18. The SMILES string of the molecule is CCCCOCCNc1ccc(C(=O)NCC)cc1N. The van der Waals surface area contributed by atoms with Crippen molar-refractivity contribution < 1.29 is 9.53 Å². The van der Waals surface area contributed by atoms with E-state index in [2.05, 4.69) is 17.6 Å². The van der Waals surface area contributed by atoms with Gasteiger partial charge in [0.25, 0.3) is 5.91 Å². The Balaban J connectivity index is 2.42. The Morgan fingerprint density at radius 1 is 1.30 bits per heavy atom. The number of hydrogen-bond acceptors (Lipinski definition) is 4. The van der Waals surface area contributed by atoms with Gasteiger partial charge in [0.1, 0.15) is 0 Å². The maximum atomic E-state index is 11.7. The molecule has 0 aliphatic carbocycles. The number of nitrogens with one attached hydrogen (secondary N) is 2. The number of rotatable bonds is 9. The summed E-state index contributed by atoms with van der Waals surface area (Å²) in [5.41, 5.74) is 7.91. The zero-order chi connectivity index (χ0) is 14.8. The van der Waals surface area contributed by atoms with Crippen LogP contribution in [0.15, 0.2) is 18.2 Å². The molecule has 0 aliphatic heterocycles. The highest BCUT2D eigenvalue weighted by Crippen LogP contribution is 2.19. The van der Waals surface area contributed by atoms with Crippen LogP contribution in [0.2, 0.25) is 0 Å². The molecule has 0 heterocycles. The first-order valence-corrected chi connectivity index (χ1v) is 7.18.